The Labute approximate surface area is 125 Å². The molecule has 0 fully saturated rings. The summed E-state index contributed by atoms with van der Waals surface area (Å²) in [6.07, 6.45) is -3.44. The minimum atomic E-state index is -4.51. The van der Waals surface area contributed by atoms with E-state index in [0.29, 0.717) is 13.1 Å². The number of carbonyl (C=O) groups is 1. The summed E-state index contributed by atoms with van der Waals surface area (Å²) in [5.41, 5.74) is -0.434. The van der Waals surface area contributed by atoms with Gasteiger partial charge in [-0.2, -0.15) is 18.3 Å². The minimum absolute atomic E-state index is 0.179. The number of benzene rings is 1. The lowest BCUT2D eigenvalue weighted by molar-refractivity contribution is -0.142. The lowest BCUT2D eigenvalue weighted by Gasteiger charge is -2.11. The fourth-order valence-electron chi connectivity index (χ4n) is 1.91. The molecule has 2 N–H and O–H groups in total. The second-order valence-corrected chi connectivity index (χ2v) is 4.54. The zero-order chi connectivity index (χ0) is 16.2. The standard InChI is InChI=1S/C14H15F3N4O/c1-18-7-8-19-13(22)10-3-2-4-11(9-10)21-12(5-6-20-21)14(15,16)17/h2-6,9,18H,7-8H2,1H3,(H,19,22). The van der Waals surface area contributed by atoms with Crippen molar-refractivity contribution in [3.05, 3.63) is 47.8 Å². The zero-order valence-corrected chi connectivity index (χ0v) is 11.8. The molecule has 2 aromatic rings. The van der Waals surface area contributed by atoms with Gasteiger partial charge < -0.3 is 10.6 Å². The van der Waals surface area contributed by atoms with Gasteiger partial charge >= 0.3 is 6.18 Å². The molecule has 0 unspecified atom stereocenters. The van der Waals surface area contributed by atoms with Gasteiger partial charge in [0.2, 0.25) is 0 Å². The van der Waals surface area contributed by atoms with E-state index in [1.54, 1.807) is 7.05 Å². The van der Waals surface area contributed by atoms with Gasteiger partial charge in [-0.1, -0.05) is 6.07 Å². The van der Waals surface area contributed by atoms with E-state index in [0.717, 1.165) is 16.9 Å². The first-order chi connectivity index (χ1) is 10.4. The third-order valence-electron chi connectivity index (χ3n) is 2.95. The van der Waals surface area contributed by atoms with E-state index in [4.69, 9.17) is 0 Å². The normalized spacial score (nSPS) is 11.5. The second-order valence-electron chi connectivity index (χ2n) is 4.54. The van der Waals surface area contributed by atoms with Gasteiger partial charge in [-0.25, -0.2) is 4.68 Å². The van der Waals surface area contributed by atoms with Crippen LogP contribution in [0.25, 0.3) is 5.69 Å². The molecule has 2 rings (SSSR count). The van der Waals surface area contributed by atoms with Gasteiger partial charge in [0.25, 0.3) is 5.91 Å². The zero-order valence-electron chi connectivity index (χ0n) is 11.8. The maximum Gasteiger partial charge on any atom is 0.433 e. The van der Waals surface area contributed by atoms with Crippen molar-refractivity contribution in [3.8, 4) is 5.69 Å². The average molecular weight is 312 g/mol. The third-order valence-corrected chi connectivity index (χ3v) is 2.95. The van der Waals surface area contributed by atoms with Gasteiger partial charge in [-0.05, 0) is 31.3 Å². The van der Waals surface area contributed by atoms with Crippen LogP contribution >= 0.6 is 0 Å². The number of aromatic nitrogens is 2. The van der Waals surface area contributed by atoms with Crippen molar-refractivity contribution in [1.29, 1.82) is 0 Å². The predicted molar refractivity (Wildman–Crippen MR) is 74.8 cm³/mol. The van der Waals surface area contributed by atoms with E-state index < -0.39 is 11.9 Å². The van der Waals surface area contributed by atoms with Gasteiger partial charge in [0.15, 0.2) is 0 Å². The maximum atomic E-state index is 12.9. The Bertz CT molecular complexity index is 652. The number of alkyl halides is 3. The highest BCUT2D eigenvalue weighted by atomic mass is 19.4. The van der Waals surface area contributed by atoms with Gasteiger partial charge in [-0.3, -0.25) is 4.79 Å². The van der Waals surface area contributed by atoms with Crippen LogP contribution in [0.1, 0.15) is 16.1 Å². The van der Waals surface area contributed by atoms with E-state index in [9.17, 15) is 18.0 Å². The summed E-state index contributed by atoms with van der Waals surface area (Å²) in [6.45, 7) is 1.03. The van der Waals surface area contributed by atoms with E-state index in [1.807, 2.05) is 0 Å². The molecular weight excluding hydrogens is 297 g/mol. The number of nitrogens with one attached hydrogen (secondary N) is 2. The van der Waals surface area contributed by atoms with Crippen molar-refractivity contribution in [3.63, 3.8) is 0 Å². The number of nitrogens with zero attached hydrogens (tertiary/aromatic N) is 2. The first-order valence-electron chi connectivity index (χ1n) is 6.58. The molecule has 1 amide bonds. The van der Waals surface area contributed by atoms with Crippen molar-refractivity contribution >= 4 is 5.91 Å². The third kappa shape index (κ3) is 3.64. The van der Waals surface area contributed by atoms with Crippen LogP contribution in [0.2, 0.25) is 0 Å². The lowest BCUT2D eigenvalue weighted by Crippen LogP contribution is -2.30. The van der Waals surface area contributed by atoms with Crippen LogP contribution in [0.5, 0.6) is 0 Å². The Hall–Kier alpha value is -2.35. The van der Waals surface area contributed by atoms with Gasteiger partial charge in [0.05, 0.1) is 11.9 Å². The Morgan fingerprint density at radius 2 is 2.05 bits per heavy atom. The molecule has 0 spiro atoms. The summed E-state index contributed by atoms with van der Waals surface area (Å²) in [5, 5.41) is 9.23. The summed E-state index contributed by atoms with van der Waals surface area (Å²) in [4.78, 5) is 11.9. The van der Waals surface area contributed by atoms with E-state index in [-0.39, 0.29) is 17.2 Å². The molecule has 0 aliphatic carbocycles. The number of rotatable bonds is 5. The van der Waals surface area contributed by atoms with Crippen LogP contribution in [0.4, 0.5) is 13.2 Å². The highest BCUT2D eigenvalue weighted by Gasteiger charge is 2.35. The van der Waals surface area contributed by atoms with Crippen molar-refractivity contribution < 1.29 is 18.0 Å². The second kappa shape index (κ2) is 6.61. The van der Waals surface area contributed by atoms with Crippen LogP contribution in [0, 0.1) is 0 Å². The van der Waals surface area contributed by atoms with Crippen molar-refractivity contribution in [1.82, 2.24) is 20.4 Å². The van der Waals surface area contributed by atoms with Crippen molar-refractivity contribution in [2.75, 3.05) is 20.1 Å². The molecule has 0 radical (unpaired) electrons. The van der Waals surface area contributed by atoms with Crippen molar-refractivity contribution in [2.45, 2.75) is 6.18 Å². The molecule has 0 saturated carbocycles. The molecule has 0 atom stereocenters. The van der Waals surface area contributed by atoms with Gasteiger partial charge in [-0.15, -0.1) is 0 Å². The smallest absolute Gasteiger partial charge is 0.351 e. The van der Waals surface area contributed by atoms with E-state index >= 15 is 0 Å². The van der Waals surface area contributed by atoms with Crippen molar-refractivity contribution in [2.24, 2.45) is 0 Å². The molecule has 8 heteroatoms. The van der Waals surface area contributed by atoms with Crippen LogP contribution in [0.15, 0.2) is 36.5 Å². The number of carbonyl (C=O) groups excluding carboxylic acids is 1. The topological polar surface area (TPSA) is 58.9 Å². The molecule has 1 aromatic carbocycles. The lowest BCUT2D eigenvalue weighted by atomic mass is 10.2. The first kappa shape index (κ1) is 16.0. The quantitative estimate of drug-likeness (QED) is 0.828. The predicted octanol–water partition coefficient (Wildman–Crippen LogP) is 1.84. The van der Waals surface area contributed by atoms with Gasteiger partial charge in [0.1, 0.15) is 5.69 Å². The molecule has 0 bridgehead atoms. The SMILES string of the molecule is CNCCNC(=O)c1cccc(-n2nccc2C(F)(F)F)c1. The van der Waals surface area contributed by atoms with E-state index in [2.05, 4.69) is 15.7 Å². The molecule has 5 nitrogen and oxygen atoms in total. The largest absolute Gasteiger partial charge is 0.433 e. The van der Waals surface area contributed by atoms with Crippen LogP contribution < -0.4 is 10.6 Å². The van der Waals surface area contributed by atoms with Gasteiger partial charge in [0, 0.05) is 18.7 Å². The molecule has 0 aliphatic heterocycles. The average Bonchev–Trinajstić information content (AvgIpc) is 2.97. The molecular formula is C14H15F3N4O. The summed E-state index contributed by atoms with van der Waals surface area (Å²) in [6, 6.07) is 6.78. The Kier molecular flexibility index (Phi) is 4.81. The molecule has 1 aromatic heterocycles. The molecule has 0 saturated heterocycles. The molecule has 1 heterocycles. The number of hydrogen-bond acceptors (Lipinski definition) is 3. The first-order valence-corrected chi connectivity index (χ1v) is 6.58. The molecule has 0 aliphatic rings. The highest BCUT2D eigenvalue weighted by molar-refractivity contribution is 5.94. The minimum Gasteiger partial charge on any atom is -0.351 e. The summed E-state index contributed by atoms with van der Waals surface area (Å²) >= 11 is 0. The monoisotopic (exact) mass is 312 g/mol. The van der Waals surface area contributed by atoms with Crippen LogP contribution in [-0.4, -0.2) is 35.8 Å². The van der Waals surface area contributed by atoms with E-state index in [1.165, 1.54) is 24.3 Å². The summed E-state index contributed by atoms with van der Waals surface area (Å²) in [7, 11) is 1.75. The summed E-state index contributed by atoms with van der Waals surface area (Å²) < 4.78 is 39.4. The summed E-state index contributed by atoms with van der Waals surface area (Å²) in [5.74, 6) is -0.349. The molecule has 118 valence electrons. The number of hydrogen-bond donors (Lipinski definition) is 2. The number of amides is 1. The highest BCUT2D eigenvalue weighted by Crippen LogP contribution is 2.30. The Morgan fingerprint density at radius 3 is 2.73 bits per heavy atom. The number of likely N-dealkylation sites (N-methyl/N-ethyl adjacent to an activating group) is 1. The fourth-order valence-corrected chi connectivity index (χ4v) is 1.91. The van der Waals surface area contributed by atoms with Crippen LogP contribution in [-0.2, 0) is 6.18 Å². The molecule has 22 heavy (non-hydrogen) atoms. The number of halogens is 3. The Morgan fingerprint density at radius 1 is 1.27 bits per heavy atom. The van der Waals surface area contributed by atoms with Crippen LogP contribution in [0.3, 0.4) is 0 Å². The maximum absolute atomic E-state index is 12.9. The fraction of sp³-hybridized carbons (Fsp3) is 0.286. The Balaban J connectivity index is 2.26.